The Morgan fingerprint density at radius 3 is 2.75 bits per heavy atom. The molecule has 7 nitrogen and oxygen atoms in total. The third kappa shape index (κ3) is 2.93. The summed E-state index contributed by atoms with van der Waals surface area (Å²) in [7, 11) is 0. The molecule has 5 rings (SSSR count). The maximum atomic E-state index is 13.2. The van der Waals surface area contributed by atoms with Gasteiger partial charge in [0.25, 0.3) is 5.91 Å². The second kappa shape index (κ2) is 6.67. The molecule has 1 aromatic rings. The quantitative estimate of drug-likeness (QED) is 0.656. The molecule has 3 N–H and O–H groups in total. The van der Waals surface area contributed by atoms with E-state index < -0.39 is 6.04 Å². The molecular weight excluding hydrogens is 356 g/mol. The summed E-state index contributed by atoms with van der Waals surface area (Å²) in [6, 6.07) is 5.93. The number of hydrogen-bond donors (Lipinski definition) is 3. The lowest BCUT2D eigenvalue weighted by Gasteiger charge is -2.29. The zero-order valence-electron chi connectivity index (χ0n) is 15.9. The van der Waals surface area contributed by atoms with Gasteiger partial charge in [0, 0.05) is 36.7 Å². The first-order valence-corrected chi connectivity index (χ1v) is 10.3. The van der Waals surface area contributed by atoms with Gasteiger partial charge in [-0.2, -0.15) is 0 Å². The zero-order chi connectivity index (χ0) is 19.3. The van der Waals surface area contributed by atoms with Crippen molar-refractivity contribution in [2.24, 2.45) is 0 Å². The maximum Gasteiger partial charge on any atom is 0.255 e. The van der Waals surface area contributed by atoms with Gasteiger partial charge >= 0.3 is 0 Å². The number of imide groups is 1. The lowest BCUT2D eigenvalue weighted by molar-refractivity contribution is -0.136. The van der Waals surface area contributed by atoms with E-state index in [1.54, 1.807) is 4.90 Å². The molecule has 0 radical (unpaired) electrons. The number of nitrogens with one attached hydrogen (secondary N) is 3. The smallest absolute Gasteiger partial charge is 0.255 e. The number of hydrogen-bond acceptors (Lipinski definition) is 5. The molecule has 1 aromatic carbocycles. The van der Waals surface area contributed by atoms with Gasteiger partial charge < -0.3 is 15.5 Å². The van der Waals surface area contributed by atoms with Gasteiger partial charge in [0.05, 0.1) is 0 Å². The summed E-state index contributed by atoms with van der Waals surface area (Å²) < 4.78 is 0. The van der Waals surface area contributed by atoms with Gasteiger partial charge in [-0.3, -0.25) is 19.7 Å². The Morgan fingerprint density at radius 2 is 2.04 bits per heavy atom. The van der Waals surface area contributed by atoms with Crippen LogP contribution in [0.4, 0.5) is 0 Å². The number of nitrogens with zero attached hydrogens (tertiary/aromatic N) is 1. The number of fused-ring (bicyclic) bond motifs is 1. The molecule has 1 aliphatic carbocycles. The average molecular weight is 382 g/mol. The second-order valence-electron chi connectivity index (χ2n) is 8.51. The standard InChI is InChI=1S/C21H26N4O3/c26-17-7-6-15(19(27)24-17)25-12-14-4-1-3-13(18(14)20(25)28)11-23-21(8-9-21)16-5-2-10-22-16/h1,3-4,15-16,22-23H,2,5-12H2,(H,24,26,27). The Bertz CT molecular complexity index is 842. The Hall–Kier alpha value is -2.25. The van der Waals surface area contributed by atoms with Crippen molar-refractivity contribution in [1.82, 2.24) is 20.9 Å². The van der Waals surface area contributed by atoms with E-state index in [0.717, 1.165) is 23.2 Å². The molecule has 4 aliphatic rings. The third-order valence-electron chi connectivity index (χ3n) is 6.79. The fourth-order valence-corrected chi connectivity index (χ4v) is 5.05. The van der Waals surface area contributed by atoms with Crippen LogP contribution in [-0.4, -0.2) is 46.8 Å². The van der Waals surface area contributed by atoms with E-state index in [9.17, 15) is 14.4 Å². The van der Waals surface area contributed by atoms with E-state index in [0.29, 0.717) is 25.6 Å². The van der Waals surface area contributed by atoms with Crippen molar-refractivity contribution in [3.05, 3.63) is 34.9 Å². The predicted molar refractivity (Wildman–Crippen MR) is 102 cm³/mol. The minimum Gasteiger partial charge on any atom is -0.322 e. The summed E-state index contributed by atoms with van der Waals surface area (Å²) in [6.07, 6.45) is 5.47. The van der Waals surface area contributed by atoms with E-state index >= 15 is 0 Å². The molecular formula is C21H26N4O3. The molecule has 0 bridgehead atoms. The Kier molecular flexibility index (Phi) is 4.25. The van der Waals surface area contributed by atoms with Crippen molar-refractivity contribution in [2.45, 2.75) is 69.2 Å². The van der Waals surface area contributed by atoms with Gasteiger partial charge in [-0.15, -0.1) is 0 Å². The number of carbonyl (C=O) groups is 3. The van der Waals surface area contributed by atoms with Gasteiger partial charge in [-0.25, -0.2) is 0 Å². The molecule has 2 unspecified atom stereocenters. The minimum atomic E-state index is -0.559. The number of benzene rings is 1. The Morgan fingerprint density at radius 1 is 1.18 bits per heavy atom. The minimum absolute atomic E-state index is 0.0919. The van der Waals surface area contributed by atoms with Gasteiger partial charge in [-0.1, -0.05) is 18.2 Å². The first-order chi connectivity index (χ1) is 13.6. The largest absolute Gasteiger partial charge is 0.322 e. The highest BCUT2D eigenvalue weighted by atomic mass is 16.2. The van der Waals surface area contributed by atoms with Gasteiger partial charge in [0.2, 0.25) is 11.8 Å². The van der Waals surface area contributed by atoms with Crippen molar-refractivity contribution in [1.29, 1.82) is 0 Å². The molecule has 3 aliphatic heterocycles. The van der Waals surface area contributed by atoms with E-state index in [-0.39, 0.29) is 29.7 Å². The van der Waals surface area contributed by atoms with E-state index in [1.807, 2.05) is 18.2 Å². The van der Waals surface area contributed by atoms with Crippen LogP contribution in [0.5, 0.6) is 0 Å². The number of rotatable bonds is 5. The maximum absolute atomic E-state index is 13.2. The molecule has 0 spiro atoms. The summed E-state index contributed by atoms with van der Waals surface area (Å²) in [6.45, 7) is 2.19. The molecule has 0 aromatic heterocycles. The first-order valence-electron chi connectivity index (χ1n) is 10.3. The lowest BCUT2D eigenvalue weighted by Crippen LogP contribution is -2.52. The molecule has 148 valence electrons. The fourth-order valence-electron chi connectivity index (χ4n) is 5.05. The monoisotopic (exact) mass is 382 g/mol. The lowest BCUT2D eigenvalue weighted by atomic mass is 10.0. The van der Waals surface area contributed by atoms with E-state index in [4.69, 9.17) is 0 Å². The Labute approximate surface area is 164 Å². The normalized spacial score (nSPS) is 28.4. The van der Waals surface area contributed by atoms with Crippen molar-refractivity contribution >= 4 is 17.7 Å². The highest BCUT2D eigenvalue weighted by Crippen LogP contribution is 2.42. The van der Waals surface area contributed by atoms with Crippen LogP contribution in [0.1, 0.15) is 60.0 Å². The molecule has 2 saturated heterocycles. The molecule has 3 fully saturated rings. The van der Waals surface area contributed by atoms with Crippen LogP contribution in [0.15, 0.2) is 18.2 Å². The molecule has 3 heterocycles. The van der Waals surface area contributed by atoms with Crippen molar-refractivity contribution in [2.75, 3.05) is 6.54 Å². The van der Waals surface area contributed by atoms with Crippen LogP contribution in [0.3, 0.4) is 0 Å². The Balaban J connectivity index is 1.33. The molecule has 7 heteroatoms. The van der Waals surface area contributed by atoms with Gasteiger partial charge in [-0.05, 0) is 49.8 Å². The SMILES string of the molecule is O=C1CCC(N2Cc3cccc(CNC4(C5CCCN5)CC4)c3C2=O)C(=O)N1. The van der Waals surface area contributed by atoms with Crippen LogP contribution in [-0.2, 0) is 22.7 Å². The molecule has 1 saturated carbocycles. The summed E-state index contributed by atoms with van der Waals surface area (Å²) in [5.41, 5.74) is 2.87. The number of amides is 3. The summed E-state index contributed by atoms with van der Waals surface area (Å²) >= 11 is 0. The van der Waals surface area contributed by atoms with Crippen LogP contribution < -0.4 is 16.0 Å². The van der Waals surface area contributed by atoms with E-state index in [2.05, 4.69) is 16.0 Å². The highest BCUT2D eigenvalue weighted by molar-refractivity contribution is 6.05. The summed E-state index contributed by atoms with van der Waals surface area (Å²) in [4.78, 5) is 38.5. The summed E-state index contributed by atoms with van der Waals surface area (Å²) in [5, 5.41) is 9.70. The fraction of sp³-hybridized carbons (Fsp3) is 0.571. The van der Waals surface area contributed by atoms with Gasteiger partial charge in [0.15, 0.2) is 0 Å². The zero-order valence-corrected chi connectivity index (χ0v) is 15.9. The van der Waals surface area contributed by atoms with Gasteiger partial charge in [0.1, 0.15) is 6.04 Å². The second-order valence-corrected chi connectivity index (χ2v) is 8.51. The van der Waals surface area contributed by atoms with Crippen LogP contribution >= 0.6 is 0 Å². The van der Waals surface area contributed by atoms with Crippen LogP contribution in [0.2, 0.25) is 0 Å². The third-order valence-corrected chi connectivity index (χ3v) is 6.79. The topological polar surface area (TPSA) is 90.5 Å². The van der Waals surface area contributed by atoms with Crippen LogP contribution in [0.25, 0.3) is 0 Å². The molecule has 2 atom stereocenters. The number of carbonyl (C=O) groups excluding carboxylic acids is 3. The molecule has 3 amide bonds. The van der Waals surface area contributed by atoms with E-state index in [1.165, 1.54) is 25.7 Å². The first kappa shape index (κ1) is 17.8. The van der Waals surface area contributed by atoms with Crippen molar-refractivity contribution < 1.29 is 14.4 Å². The van der Waals surface area contributed by atoms with Crippen LogP contribution in [0, 0.1) is 0 Å². The predicted octanol–water partition coefficient (Wildman–Crippen LogP) is 0.822. The highest BCUT2D eigenvalue weighted by Gasteiger charge is 2.49. The average Bonchev–Trinajstić information content (AvgIpc) is 3.10. The number of piperidine rings is 1. The van der Waals surface area contributed by atoms with Crippen molar-refractivity contribution in [3.8, 4) is 0 Å². The van der Waals surface area contributed by atoms with Crippen molar-refractivity contribution in [3.63, 3.8) is 0 Å². The molecule has 28 heavy (non-hydrogen) atoms. The summed E-state index contributed by atoms with van der Waals surface area (Å²) in [5.74, 6) is -0.711.